The minimum Gasteiger partial charge on any atom is -0.481 e. The second kappa shape index (κ2) is 27.4. The smallest absolute Gasteiger partial charge is 0.326 e. The van der Waals surface area contributed by atoms with Gasteiger partial charge >= 0.3 is 17.9 Å². The molecule has 17 N–H and O–H groups in total. The van der Waals surface area contributed by atoms with Crippen LogP contribution in [-0.4, -0.2) is 141 Å². The van der Waals surface area contributed by atoms with Crippen molar-refractivity contribution in [2.45, 2.75) is 121 Å². The van der Waals surface area contributed by atoms with Crippen LogP contribution in [0.1, 0.15) is 78.2 Å². The van der Waals surface area contributed by atoms with E-state index < -0.39 is 152 Å². The normalized spacial score (nSPS) is 14.3. The van der Waals surface area contributed by atoms with Crippen LogP contribution in [0.2, 0.25) is 0 Å². The van der Waals surface area contributed by atoms with Gasteiger partial charge in [-0.1, -0.05) is 45.9 Å². The Kier molecular flexibility index (Phi) is 22.9. The topological polar surface area (TPSA) is 427 Å². The molecule has 0 saturated carbocycles. The summed E-state index contributed by atoms with van der Waals surface area (Å²) in [6, 6.07) is -3.18. The van der Waals surface area contributed by atoms with Gasteiger partial charge in [-0.3, -0.25) is 47.9 Å². The first-order valence-corrected chi connectivity index (χ1v) is 21.5. The zero-order valence-corrected chi connectivity index (χ0v) is 37.7. The van der Waals surface area contributed by atoms with Gasteiger partial charge in [0.05, 0.1) is 25.4 Å². The van der Waals surface area contributed by atoms with E-state index in [0.717, 1.165) is 16.5 Å². The number of nitrogens with one attached hydrogen (secondary N) is 8. The van der Waals surface area contributed by atoms with Gasteiger partial charge in [0.1, 0.15) is 36.3 Å². The molecule has 0 spiro atoms. The second-order valence-electron chi connectivity index (χ2n) is 16.5. The van der Waals surface area contributed by atoms with E-state index >= 15 is 0 Å². The Bertz CT molecular complexity index is 2110. The molecule has 1 aromatic heterocycles. The highest BCUT2D eigenvalue weighted by Crippen LogP contribution is 2.19. The van der Waals surface area contributed by atoms with Crippen molar-refractivity contribution < 1.29 is 68.1 Å². The lowest BCUT2D eigenvalue weighted by molar-refractivity contribution is -0.144. The number of carboxylic acids is 3. The second-order valence-corrected chi connectivity index (χ2v) is 16.5. The molecule has 0 saturated heterocycles. The highest BCUT2D eigenvalue weighted by molar-refractivity contribution is 5.99. The lowest BCUT2D eigenvalue weighted by Gasteiger charge is -2.29. The third-order valence-electron chi connectivity index (χ3n) is 10.3. The fourth-order valence-corrected chi connectivity index (χ4v) is 6.63. The number of rotatable bonds is 30. The van der Waals surface area contributed by atoms with Crippen molar-refractivity contribution >= 4 is 76.1 Å². The maximum atomic E-state index is 13.8. The van der Waals surface area contributed by atoms with Gasteiger partial charge in [0.15, 0.2) is 0 Å². The molecule has 0 radical (unpaired) electrons. The van der Waals surface area contributed by atoms with Gasteiger partial charge in [-0.25, -0.2) is 4.79 Å². The monoisotopic (exact) mass is 945 g/mol. The van der Waals surface area contributed by atoms with Crippen molar-refractivity contribution in [1.82, 2.24) is 42.2 Å². The molecule has 1 heterocycles. The number of fused-ring (bicyclic) bond motifs is 1. The number of hydrogen-bond donors (Lipinski definition) is 14. The van der Waals surface area contributed by atoms with Crippen molar-refractivity contribution in [2.75, 3.05) is 13.1 Å². The molecule has 0 unspecified atom stereocenters. The number of unbranched alkanes of at least 4 members (excludes halogenated alkanes) is 1. The zero-order chi connectivity index (χ0) is 50.5. The Morgan fingerprint density at radius 2 is 1.16 bits per heavy atom. The van der Waals surface area contributed by atoms with Gasteiger partial charge in [0.2, 0.25) is 47.3 Å². The summed E-state index contributed by atoms with van der Waals surface area (Å²) in [6.07, 6.45) is -0.275. The van der Waals surface area contributed by atoms with Gasteiger partial charge in [-0.05, 0) is 62.1 Å². The number of hydrogen-bond acceptors (Lipinski definition) is 13. The molecule has 25 heteroatoms. The lowest BCUT2D eigenvalue weighted by Crippen LogP contribution is -2.61. The number of aliphatic carboxylic acids is 3. The molecule has 370 valence electrons. The number of para-hydroxylation sites is 1. The first-order valence-electron chi connectivity index (χ1n) is 21.5. The Labute approximate surface area is 385 Å². The summed E-state index contributed by atoms with van der Waals surface area (Å²) in [5, 5.41) is 45.1. The van der Waals surface area contributed by atoms with Crippen LogP contribution >= 0.6 is 0 Å². The first kappa shape index (κ1) is 56.0. The summed E-state index contributed by atoms with van der Waals surface area (Å²) in [7, 11) is 0. The predicted molar refractivity (Wildman–Crippen MR) is 238 cm³/mol. The van der Waals surface area contributed by atoms with E-state index in [4.69, 9.17) is 22.3 Å². The number of aromatic nitrogens is 1. The average Bonchev–Trinajstić information content (AvgIpc) is 3.65. The molecule has 67 heavy (non-hydrogen) atoms. The van der Waals surface area contributed by atoms with Crippen molar-refractivity contribution in [2.24, 2.45) is 29.0 Å². The van der Waals surface area contributed by atoms with Crippen molar-refractivity contribution in [3.8, 4) is 0 Å². The van der Waals surface area contributed by atoms with Crippen LogP contribution in [-0.2, 0) is 59.2 Å². The molecule has 2 rings (SSSR count). The molecule has 0 aliphatic carbocycles. The van der Waals surface area contributed by atoms with Crippen molar-refractivity contribution in [3.63, 3.8) is 0 Å². The van der Waals surface area contributed by atoms with Gasteiger partial charge in [-0.15, -0.1) is 0 Å². The Hall–Kier alpha value is -7.15. The van der Waals surface area contributed by atoms with Crippen molar-refractivity contribution in [3.05, 3.63) is 36.0 Å². The number of carboxylic acid groups (broad SMARTS) is 3. The lowest BCUT2D eigenvalue weighted by atomic mass is 10.00. The summed E-state index contributed by atoms with van der Waals surface area (Å²) in [5.41, 5.74) is 18.8. The summed E-state index contributed by atoms with van der Waals surface area (Å²) >= 11 is 0. The number of H-pyrrole nitrogens is 1. The quantitative estimate of drug-likeness (QED) is 0.0343. The fourth-order valence-electron chi connectivity index (χ4n) is 6.63. The fraction of sp³-hybridized carbons (Fsp3) is 0.548. The molecule has 7 atom stereocenters. The molecule has 0 fully saturated rings. The van der Waals surface area contributed by atoms with E-state index in [0.29, 0.717) is 12.8 Å². The third kappa shape index (κ3) is 19.1. The first-order chi connectivity index (χ1) is 31.4. The van der Waals surface area contributed by atoms with E-state index in [9.17, 15) is 63.0 Å². The van der Waals surface area contributed by atoms with Gasteiger partial charge in [-0.2, -0.15) is 0 Å². The van der Waals surface area contributed by atoms with E-state index in [1.165, 1.54) is 13.8 Å². The van der Waals surface area contributed by atoms with Gasteiger partial charge in [0.25, 0.3) is 0 Å². The van der Waals surface area contributed by atoms with Crippen LogP contribution in [0.15, 0.2) is 30.5 Å². The molecule has 25 nitrogen and oxygen atoms in total. The number of carbonyl (C=O) groups excluding carboxylic acids is 8. The Balaban J connectivity index is 2.19. The summed E-state index contributed by atoms with van der Waals surface area (Å²) in [4.78, 5) is 143. The van der Waals surface area contributed by atoms with E-state index in [-0.39, 0.29) is 19.4 Å². The van der Waals surface area contributed by atoms with Crippen LogP contribution in [0.25, 0.3) is 10.9 Å². The van der Waals surface area contributed by atoms with Crippen LogP contribution in [0.3, 0.4) is 0 Å². The van der Waals surface area contributed by atoms with E-state index in [2.05, 4.69) is 36.9 Å². The van der Waals surface area contributed by atoms with Crippen LogP contribution in [0.5, 0.6) is 0 Å². The van der Waals surface area contributed by atoms with Gasteiger partial charge in [0, 0.05) is 23.5 Å². The predicted octanol–water partition coefficient (Wildman–Crippen LogP) is -3.20. The summed E-state index contributed by atoms with van der Waals surface area (Å²) < 4.78 is 0. The number of amides is 8. The molecular formula is C42H63N11O14. The zero-order valence-electron chi connectivity index (χ0n) is 37.7. The standard InChI is InChI=1S/C42H63N11O14/c1-20(2)34(52-37(61)26(11-7-8-14-43)48-31(55)19-47-36(60)24(44)15-22-18-46-25-10-6-5-9-23(22)25)40(64)50-28(16-30(45)54)39(63)53-35(21(3)4)41(65)51-29(17-33(58)59)38(62)49-27(42(66)67)12-13-32(56)57/h5-6,9-10,18,20-21,24,26-29,34-35,46H,7-8,11-17,19,43-44H2,1-4H3,(H2,45,54)(H,47,60)(H,48,55)(H,49,62)(H,50,64)(H,51,65)(H,52,61)(H,53,63)(H,56,57)(H,58,59)(H,66,67)/t24-,26-,27-,28-,29-,34-,35-/m0/s1. The largest absolute Gasteiger partial charge is 0.481 e. The van der Waals surface area contributed by atoms with Crippen LogP contribution in [0.4, 0.5) is 0 Å². The average molecular weight is 946 g/mol. The summed E-state index contributed by atoms with van der Waals surface area (Å²) in [6.45, 7) is 5.74. The molecule has 0 aliphatic rings. The highest BCUT2D eigenvalue weighted by atomic mass is 16.4. The molecule has 0 aliphatic heterocycles. The SMILES string of the molecule is CC(C)[C@H](NC(=O)[C@H](CC(N)=O)NC(=O)[C@@H](NC(=O)[C@H](CCCCN)NC(=O)CNC(=O)[C@@H](N)Cc1c[nH]c2ccccc12)C(C)C)C(=O)N[C@@H](CC(=O)O)C(=O)N[C@@H](CCC(=O)O)C(=O)O. The van der Waals surface area contributed by atoms with E-state index in [1.54, 1.807) is 20.0 Å². The Morgan fingerprint density at radius 1 is 0.627 bits per heavy atom. The molecule has 8 amide bonds. The minimum atomic E-state index is -1.91. The van der Waals surface area contributed by atoms with Crippen LogP contribution in [0, 0.1) is 11.8 Å². The number of nitrogens with two attached hydrogens (primary N) is 3. The van der Waals surface area contributed by atoms with Gasteiger partial charge < -0.3 is 74.7 Å². The molecule has 0 bridgehead atoms. The molecular weight excluding hydrogens is 883 g/mol. The number of primary amides is 1. The Morgan fingerprint density at radius 3 is 1.69 bits per heavy atom. The minimum absolute atomic E-state index is 0.0699. The number of aromatic amines is 1. The number of benzene rings is 1. The van der Waals surface area contributed by atoms with Crippen LogP contribution < -0.4 is 54.4 Å². The molecule has 1 aromatic carbocycles. The maximum Gasteiger partial charge on any atom is 0.326 e. The van der Waals surface area contributed by atoms with E-state index in [1.807, 2.05) is 29.6 Å². The molecule has 2 aromatic rings. The third-order valence-corrected chi connectivity index (χ3v) is 10.3. The highest BCUT2D eigenvalue weighted by Gasteiger charge is 2.36. The van der Waals surface area contributed by atoms with Crippen molar-refractivity contribution in [1.29, 1.82) is 0 Å². The summed E-state index contributed by atoms with van der Waals surface area (Å²) in [5.74, 6) is -13.8. The number of carbonyl (C=O) groups is 11. The maximum absolute atomic E-state index is 13.8.